The van der Waals surface area contributed by atoms with Gasteiger partial charge in [0.05, 0.1) is 25.4 Å². The number of carbonyl (C=O) groups excluding carboxylic acids is 2. The van der Waals surface area contributed by atoms with E-state index in [1.54, 1.807) is 6.08 Å². The number of amides is 1. The van der Waals surface area contributed by atoms with Crippen molar-refractivity contribution in [2.75, 3.05) is 13.2 Å². The molecule has 440 valence electrons. The van der Waals surface area contributed by atoms with Crippen LogP contribution in [0.3, 0.4) is 0 Å². The Bertz CT molecular complexity index is 1260. The molecule has 6 heteroatoms. The Morgan fingerprint density at radius 2 is 0.667 bits per heavy atom. The zero-order chi connectivity index (χ0) is 54.3. The minimum absolute atomic E-state index is 0.0116. The van der Waals surface area contributed by atoms with E-state index in [4.69, 9.17) is 4.74 Å². The van der Waals surface area contributed by atoms with E-state index >= 15 is 0 Å². The van der Waals surface area contributed by atoms with Crippen LogP contribution in [0.15, 0.2) is 48.6 Å². The molecule has 0 spiro atoms. The molecule has 75 heavy (non-hydrogen) atoms. The van der Waals surface area contributed by atoms with Gasteiger partial charge < -0.3 is 20.3 Å². The number of aliphatic hydroxyl groups excluding tert-OH is 2. The van der Waals surface area contributed by atoms with E-state index in [-0.39, 0.29) is 18.5 Å². The van der Waals surface area contributed by atoms with Gasteiger partial charge in [-0.15, -0.1) is 0 Å². The molecular formula is C69H129NO5. The lowest BCUT2D eigenvalue weighted by Gasteiger charge is -2.20. The molecule has 0 aliphatic carbocycles. The van der Waals surface area contributed by atoms with Crippen LogP contribution in [0, 0.1) is 0 Å². The third-order valence-corrected chi connectivity index (χ3v) is 15.3. The Morgan fingerprint density at radius 3 is 1.05 bits per heavy atom. The number of allylic oxidation sites excluding steroid dienone is 7. The van der Waals surface area contributed by atoms with Crippen molar-refractivity contribution in [3.8, 4) is 0 Å². The summed E-state index contributed by atoms with van der Waals surface area (Å²) in [5.41, 5.74) is 0. The molecule has 0 saturated carbocycles. The summed E-state index contributed by atoms with van der Waals surface area (Å²) in [6.07, 6.45) is 83.2. The summed E-state index contributed by atoms with van der Waals surface area (Å²) in [7, 11) is 0. The Hall–Kier alpha value is -2.18. The predicted molar refractivity (Wildman–Crippen MR) is 329 cm³/mol. The number of hydrogen-bond donors (Lipinski definition) is 3. The zero-order valence-electron chi connectivity index (χ0n) is 50.3. The summed E-state index contributed by atoms with van der Waals surface area (Å²) in [6, 6.07) is -0.627. The number of unbranched alkanes of at least 4 members (excludes halogenated alkanes) is 45. The SMILES string of the molecule is CCCCC/C=C\C/C=C\CCCCCCCCCCCC(=O)OCCCCCCCCCCCCCC/C=C\CCCCCCCCCCCCCCC(=O)NC(CO)C(O)/C=C/CCCCCCCCCCC. The zero-order valence-corrected chi connectivity index (χ0v) is 50.3. The van der Waals surface area contributed by atoms with Crippen LogP contribution in [0.5, 0.6) is 0 Å². The summed E-state index contributed by atoms with van der Waals surface area (Å²) in [5.74, 6) is -0.0571. The normalized spacial score (nSPS) is 12.9. The fraction of sp³-hybridized carbons (Fsp3) is 0.855. The lowest BCUT2D eigenvalue weighted by molar-refractivity contribution is -0.143. The van der Waals surface area contributed by atoms with Gasteiger partial charge in [-0.25, -0.2) is 0 Å². The summed E-state index contributed by atoms with van der Waals surface area (Å²) in [5, 5.41) is 23.0. The average molecular weight is 1050 g/mol. The maximum Gasteiger partial charge on any atom is 0.305 e. The molecule has 3 N–H and O–H groups in total. The van der Waals surface area contributed by atoms with Gasteiger partial charge >= 0.3 is 5.97 Å². The van der Waals surface area contributed by atoms with Crippen LogP contribution in [0.2, 0.25) is 0 Å². The van der Waals surface area contributed by atoms with Gasteiger partial charge in [0.1, 0.15) is 0 Å². The van der Waals surface area contributed by atoms with Crippen molar-refractivity contribution < 1.29 is 24.5 Å². The van der Waals surface area contributed by atoms with Gasteiger partial charge in [-0.2, -0.15) is 0 Å². The number of rotatable bonds is 62. The molecular weight excluding hydrogens is 923 g/mol. The monoisotopic (exact) mass is 1050 g/mol. The van der Waals surface area contributed by atoms with Crippen molar-refractivity contribution in [2.45, 2.75) is 366 Å². The van der Waals surface area contributed by atoms with Crippen molar-refractivity contribution in [3.05, 3.63) is 48.6 Å². The molecule has 0 radical (unpaired) electrons. The highest BCUT2D eigenvalue weighted by molar-refractivity contribution is 5.76. The first-order chi connectivity index (χ1) is 37.0. The highest BCUT2D eigenvalue weighted by atomic mass is 16.5. The maximum absolute atomic E-state index is 12.4. The van der Waals surface area contributed by atoms with Crippen LogP contribution in [0.25, 0.3) is 0 Å². The smallest absolute Gasteiger partial charge is 0.305 e. The Kier molecular flexibility index (Phi) is 62.5. The van der Waals surface area contributed by atoms with Crippen LogP contribution < -0.4 is 5.32 Å². The van der Waals surface area contributed by atoms with Crippen LogP contribution in [-0.2, 0) is 14.3 Å². The maximum atomic E-state index is 12.4. The molecule has 0 rings (SSSR count). The first kappa shape index (κ1) is 72.8. The second-order valence-corrected chi connectivity index (χ2v) is 22.8. The molecule has 0 saturated heterocycles. The fourth-order valence-corrected chi connectivity index (χ4v) is 10.2. The van der Waals surface area contributed by atoms with Gasteiger partial charge in [-0.3, -0.25) is 9.59 Å². The summed E-state index contributed by atoms with van der Waals surface area (Å²) >= 11 is 0. The summed E-state index contributed by atoms with van der Waals surface area (Å²) in [4.78, 5) is 24.5. The minimum Gasteiger partial charge on any atom is -0.466 e. The van der Waals surface area contributed by atoms with E-state index in [0.29, 0.717) is 19.4 Å². The highest BCUT2D eigenvalue weighted by Crippen LogP contribution is 2.17. The summed E-state index contributed by atoms with van der Waals surface area (Å²) < 4.78 is 5.50. The quantitative estimate of drug-likeness (QED) is 0.0320. The van der Waals surface area contributed by atoms with Crippen LogP contribution >= 0.6 is 0 Å². The Labute approximate surface area is 467 Å². The number of aliphatic hydroxyl groups is 2. The van der Waals surface area contributed by atoms with Crippen molar-refractivity contribution in [2.24, 2.45) is 0 Å². The predicted octanol–water partition coefficient (Wildman–Crippen LogP) is 21.3. The third-order valence-electron chi connectivity index (χ3n) is 15.3. The van der Waals surface area contributed by atoms with E-state index in [0.717, 1.165) is 51.4 Å². The van der Waals surface area contributed by atoms with Crippen LogP contribution in [0.4, 0.5) is 0 Å². The molecule has 0 bridgehead atoms. The topological polar surface area (TPSA) is 95.9 Å². The van der Waals surface area contributed by atoms with E-state index in [2.05, 4.69) is 55.6 Å². The number of hydrogen-bond acceptors (Lipinski definition) is 5. The molecule has 2 unspecified atom stereocenters. The third kappa shape index (κ3) is 60.9. The van der Waals surface area contributed by atoms with Crippen LogP contribution in [0.1, 0.15) is 354 Å². The first-order valence-corrected chi connectivity index (χ1v) is 33.4. The van der Waals surface area contributed by atoms with Crippen molar-refractivity contribution in [1.82, 2.24) is 5.32 Å². The molecule has 0 aliphatic rings. The minimum atomic E-state index is -0.843. The standard InChI is InChI=1S/C69H129NO5/c1-3-5-7-9-11-13-15-16-17-18-29-33-36-39-43-47-51-55-59-63-69(74)75-64-60-56-52-48-44-40-37-34-31-28-26-24-22-20-19-21-23-25-27-30-32-35-38-42-46-50-54-58-62-68(73)70-66(65-71)67(72)61-57-53-49-45-41-14-12-10-8-6-4-2/h11,13,16-17,19-20,57,61,66-67,71-72H,3-10,12,14-15,18,21-56,58-60,62-65H2,1-2H3,(H,70,73)/b13-11-,17-16-,20-19-,61-57+. The van der Waals surface area contributed by atoms with E-state index in [1.807, 2.05) is 6.08 Å². The van der Waals surface area contributed by atoms with Crippen molar-refractivity contribution in [1.29, 1.82) is 0 Å². The molecule has 0 aromatic heterocycles. The highest BCUT2D eigenvalue weighted by Gasteiger charge is 2.18. The van der Waals surface area contributed by atoms with E-state index < -0.39 is 12.1 Å². The van der Waals surface area contributed by atoms with Crippen LogP contribution in [-0.4, -0.2) is 47.4 Å². The number of ether oxygens (including phenoxy) is 1. The fourth-order valence-electron chi connectivity index (χ4n) is 10.2. The summed E-state index contributed by atoms with van der Waals surface area (Å²) in [6.45, 7) is 4.88. The van der Waals surface area contributed by atoms with Gasteiger partial charge in [0, 0.05) is 12.8 Å². The number of nitrogens with one attached hydrogen (secondary N) is 1. The number of carbonyl (C=O) groups is 2. The first-order valence-electron chi connectivity index (χ1n) is 33.4. The van der Waals surface area contributed by atoms with E-state index in [9.17, 15) is 19.8 Å². The van der Waals surface area contributed by atoms with Gasteiger partial charge in [0.15, 0.2) is 0 Å². The second kappa shape index (κ2) is 64.3. The lowest BCUT2D eigenvalue weighted by Crippen LogP contribution is -2.45. The largest absolute Gasteiger partial charge is 0.466 e. The van der Waals surface area contributed by atoms with E-state index in [1.165, 1.54) is 276 Å². The lowest BCUT2D eigenvalue weighted by atomic mass is 10.0. The molecule has 0 aliphatic heterocycles. The molecule has 0 aromatic rings. The average Bonchev–Trinajstić information content (AvgIpc) is 3.41. The van der Waals surface area contributed by atoms with Gasteiger partial charge in [-0.1, -0.05) is 300 Å². The van der Waals surface area contributed by atoms with Gasteiger partial charge in [0.2, 0.25) is 5.91 Å². The van der Waals surface area contributed by atoms with Crippen molar-refractivity contribution in [3.63, 3.8) is 0 Å². The molecule has 0 heterocycles. The molecule has 0 fully saturated rings. The molecule has 6 nitrogen and oxygen atoms in total. The Balaban J connectivity index is 3.36. The Morgan fingerprint density at radius 1 is 0.373 bits per heavy atom. The van der Waals surface area contributed by atoms with Gasteiger partial charge in [-0.05, 0) is 89.9 Å². The van der Waals surface area contributed by atoms with Gasteiger partial charge in [0.25, 0.3) is 0 Å². The number of esters is 1. The molecule has 0 aromatic carbocycles. The molecule has 2 atom stereocenters. The molecule has 1 amide bonds. The second-order valence-electron chi connectivity index (χ2n) is 22.8. The van der Waals surface area contributed by atoms with Crippen molar-refractivity contribution >= 4 is 11.9 Å².